The van der Waals surface area contributed by atoms with Gasteiger partial charge in [-0.3, -0.25) is 4.57 Å². The number of aryl methyl sites for hydroxylation is 1. The van der Waals surface area contributed by atoms with Crippen LogP contribution in [0.25, 0.3) is 11.0 Å². The second-order valence-electron chi connectivity index (χ2n) is 7.99. The molecule has 28 heavy (non-hydrogen) atoms. The fraction of sp³-hybridized carbons (Fsp3) is 0.450. The molecule has 0 saturated carbocycles. The maximum absolute atomic E-state index is 5.93. The third-order valence-electron chi connectivity index (χ3n) is 4.27. The monoisotopic (exact) mass is 399 g/mol. The van der Waals surface area contributed by atoms with Gasteiger partial charge in [0.2, 0.25) is 0 Å². The first kappa shape index (κ1) is 20.3. The minimum absolute atomic E-state index is 0.437. The van der Waals surface area contributed by atoms with Gasteiger partial charge in [0, 0.05) is 20.4 Å². The lowest BCUT2D eigenvalue weighted by molar-refractivity contribution is 0.0821. The van der Waals surface area contributed by atoms with Crippen molar-refractivity contribution in [3.8, 4) is 6.01 Å². The Morgan fingerprint density at radius 1 is 1.11 bits per heavy atom. The van der Waals surface area contributed by atoms with Crippen molar-refractivity contribution >= 4 is 30.6 Å². The predicted molar refractivity (Wildman–Crippen MR) is 115 cm³/mol. The van der Waals surface area contributed by atoms with Gasteiger partial charge in [0.25, 0.3) is 6.01 Å². The SMILES string of the molecule is CCOc1nc2cc(Nc3ccc(C)nn3)ccc2n1COCC[Si](C)(C)C. The zero-order valence-electron chi connectivity index (χ0n) is 17.3. The van der Waals surface area contributed by atoms with Gasteiger partial charge in [0.1, 0.15) is 6.73 Å². The van der Waals surface area contributed by atoms with Crippen molar-refractivity contribution in [2.45, 2.75) is 46.3 Å². The van der Waals surface area contributed by atoms with E-state index >= 15 is 0 Å². The average molecular weight is 400 g/mol. The summed E-state index contributed by atoms with van der Waals surface area (Å²) in [6.45, 7) is 12.7. The number of aromatic nitrogens is 4. The normalized spacial score (nSPS) is 11.8. The average Bonchev–Trinajstić information content (AvgIpc) is 2.97. The highest BCUT2D eigenvalue weighted by atomic mass is 28.3. The molecule has 0 fully saturated rings. The highest BCUT2D eigenvalue weighted by Gasteiger charge is 2.15. The summed E-state index contributed by atoms with van der Waals surface area (Å²) in [5, 5.41) is 11.5. The lowest BCUT2D eigenvalue weighted by Gasteiger charge is -2.16. The van der Waals surface area contributed by atoms with E-state index in [-0.39, 0.29) is 0 Å². The van der Waals surface area contributed by atoms with Gasteiger partial charge in [-0.25, -0.2) is 0 Å². The van der Waals surface area contributed by atoms with Gasteiger partial charge in [-0.05, 0) is 50.2 Å². The van der Waals surface area contributed by atoms with Gasteiger partial charge in [0.05, 0.1) is 23.3 Å². The van der Waals surface area contributed by atoms with Gasteiger partial charge < -0.3 is 14.8 Å². The van der Waals surface area contributed by atoms with E-state index in [1.54, 1.807) is 0 Å². The quantitative estimate of drug-likeness (QED) is 0.419. The number of hydrogen-bond acceptors (Lipinski definition) is 6. The molecule has 150 valence electrons. The molecule has 3 aromatic rings. The molecule has 3 rings (SSSR count). The Morgan fingerprint density at radius 2 is 1.93 bits per heavy atom. The molecule has 8 heteroatoms. The van der Waals surface area contributed by atoms with Crippen LogP contribution in [0.2, 0.25) is 25.7 Å². The smallest absolute Gasteiger partial charge is 0.299 e. The van der Waals surface area contributed by atoms with Gasteiger partial charge >= 0.3 is 0 Å². The van der Waals surface area contributed by atoms with Crippen molar-refractivity contribution in [1.82, 2.24) is 19.7 Å². The predicted octanol–water partition coefficient (Wildman–Crippen LogP) is 4.59. The van der Waals surface area contributed by atoms with Crippen molar-refractivity contribution < 1.29 is 9.47 Å². The van der Waals surface area contributed by atoms with Crippen molar-refractivity contribution in [3.63, 3.8) is 0 Å². The number of ether oxygens (including phenoxy) is 2. The number of fused-ring (bicyclic) bond motifs is 1. The maximum Gasteiger partial charge on any atom is 0.299 e. The molecule has 0 atom stereocenters. The topological polar surface area (TPSA) is 74.1 Å². The number of imidazole rings is 1. The van der Waals surface area contributed by atoms with Gasteiger partial charge in [-0.1, -0.05) is 19.6 Å². The highest BCUT2D eigenvalue weighted by molar-refractivity contribution is 6.76. The van der Waals surface area contributed by atoms with Crippen molar-refractivity contribution in [2.75, 3.05) is 18.5 Å². The lowest BCUT2D eigenvalue weighted by Crippen LogP contribution is -2.22. The van der Waals surface area contributed by atoms with Gasteiger partial charge in [-0.2, -0.15) is 10.1 Å². The minimum atomic E-state index is -1.11. The third kappa shape index (κ3) is 5.29. The van der Waals surface area contributed by atoms with E-state index in [0.29, 0.717) is 25.2 Å². The fourth-order valence-electron chi connectivity index (χ4n) is 2.70. The molecule has 7 nitrogen and oxygen atoms in total. The molecule has 0 aliphatic heterocycles. The van der Waals surface area contributed by atoms with E-state index in [0.717, 1.165) is 35.1 Å². The molecule has 2 heterocycles. The molecule has 1 N–H and O–H groups in total. The molecule has 0 aliphatic rings. The minimum Gasteiger partial charge on any atom is -0.465 e. The second kappa shape index (κ2) is 8.70. The van der Waals surface area contributed by atoms with E-state index in [1.807, 2.05) is 48.7 Å². The largest absolute Gasteiger partial charge is 0.465 e. The standard InChI is InChI=1S/C20H29N5O2Si/c1-6-27-20-22-17-13-16(21-19-10-7-15(2)23-24-19)8-9-18(17)25(20)14-26-11-12-28(3,4)5/h7-10,13H,6,11-12,14H2,1-5H3,(H,21,24). The molecule has 0 saturated heterocycles. The third-order valence-corrected chi connectivity index (χ3v) is 5.98. The molecule has 0 amide bonds. The molecule has 0 aliphatic carbocycles. The van der Waals surface area contributed by atoms with Crippen LogP contribution in [0.3, 0.4) is 0 Å². The molecule has 0 spiro atoms. The van der Waals surface area contributed by atoms with Crippen LogP contribution in [0, 0.1) is 6.92 Å². The molecular formula is C20H29N5O2Si. The summed E-state index contributed by atoms with van der Waals surface area (Å²) in [6, 6.07) is 11.6. The Hall–Kier alpha value is -2.45. The van der Waals surface area contributed by atoms with E-state index in [2.05, 4.69) is 40.1 Å². The number of anilines is 2. The first-order valence-corrected chi connectivity index (χ1v) is 13.3. The first-order valence-electron chi connectivity index (χ1n) is 9.64. The Kier molecular flexibility index (Phi) is 6.30. The van der Waals surface area contributed by atoms with E-state index in [1.165, 1.54) is 0 Å². The summed E-state index contributed by atoms with van der Waals surface area (Å²) in [4.78, 5) is 4.64. The number of nitrogens with one attached hydrogen (secondary N) is 1. The maximum atomic E-state index is 5.93. The number of nitrogens with zero attached hydrogens (tertiary/aromatic N) is 4. The summed E-state index contributed by atoms with van der Waals surface area (Å²) in [5.74, 6) is 0.698. The van der Waals surface area contributed by atoms with Crippen molar-refractivity contribution in [3.05, 3.63) is 36.0 Å². The van der Waals surface area contributed by atoms with Crippen LogP contribution in [0.15, 0.2) is 30.3 Å². The second-order valence-corrected chi connectivity index (χ2v) is 13.6. The van der Waals surface area contributed by atoms with Crippen LogP contribution < -0.4 is 10.1 Å². The van der Waals surface area contributed by atoms with E-state index in [4.69, 9.17) is 9.47 Å². The molecular weight excluding hydrogens is 370 g/mol. The van der Waals surface area contributed by atoms with Crippen LogP contribution in [0.1, 0.15) is 12.6 Å². The first-order chi connectivity index (χ1) is 13.4. The Morgan fingerprint density at radius 3 is 2.61 bits per heavy atom. The van der Waals surface area contributed by atoms with Crippen LogP contribution in [0.5, 0.6) is 6.01 Å². The van der Waals surface area contributed by atoms with Crippen LogP contribution >= 0.6 is 0 Å². The summed E-state index contributed by atoms with van der Waals surface area (Å²) >= 11 is 0. The summed E-state index contributed by atoms with van der Waals surface area (Å²) in [7, 11) is -1.11. The fourth-order valence-corrected chi connectivity index (χ4v) is 3.45. The molecule has 0 bridgehead atoms. The summed E-state index contributed by atoms with van der Waals surface area (Å²) in [5.41, 5.74) is 3.62. The van der Waals surface area contributed by atoms with Crippen molar-refractivity contribution in [2.24, 2.45) is 0 Å². The Bertz CT molecular complexity index is 919. The zero-order chi connectivity index (χ0) is 20.1. The zero-order valence-corrected chi connectivity index (χ0v) is 18.3. The van der Waals surface area contributed by atoms with E-state index in [9.17, 15) is 0 Å². The van der Waals surface area contributed by atoms with Crippen LogP contribution in [-0.2, 0) is 11.5 Å². The van der Waals surface area contributed by atoms with E-state index < -0.39 is 8.07 Å². The summed E-state index contributed by atoms with van der Waals surface area (Å²) in [6.07, 6.45) is 0. The Balaban J connectivity index is 1.78. The van der Waals surface area contributed by atoms with Crippen LogP contribution in [-0.4, -0.2) is 41.0 Å². The molecule has 0 radical (unpaired) electrons. The molecule has 2 aromatic heterocycles. The number of benzene rings is 1. The molecule has 0 unspecified atom stereocenters. The lowest BCUT2D eigenvalue weighted by atomic mass is 10.2. The van der Waals surface area contributed by atoms with Crippen LogP contribution in [0.4, 0.5) is 11.5 Å². The van der Waals surface area contributed by atoms with Gasteiger partial charge in [0.15, 0.2) is 5.82 Å². The molecule has 1 aromatic carbocycles. The Labute approximate surface area is 167 Å². The highest BCUT2D eigenvalue weighted by Crippen LogP contribution is 2.26. The number of rotatable bonds is 9. The van der Waals surface area contributed by atoms with Gasteiger partial charge in [-0.15, -0.1) is 5.10 Å². The summed E-state index contributed by atoms with van der Waals surface area (Å²) < 4.78 is 13.6. The number of hydrogen-bond donors (Lipinski definition) is 1. The van der Waals surface area contributed by atoms with Crippen molar-refractivity contribution in [1.29, 1.82) is 0 Å².